The van der Waals surface area contributed by atoms with Gasteiger partial charge < -0.3 is 49.6 Å². The van der Waals surface area contributed by atoms with Crippen molar-refractivity contribution in [2.24, 2.45) is 11.8 Å². The molecular formula is C18H26O11. The fourth-order valence-corrected chi connectivity index (χ4v) is 3.89. The number of aliphatic hydroxyl groups is 6. The molecule has 2 heterocycles. The summed E-state index contributed by atoms with van der Waals surface area (Å²) in [6, 6.07) is 0. The molecule has 6 N–H and O–H groups in total. The molecule has 2 aliphatic heterocycles. The highest BCUT2D eigenvalue weighted by atomic mass is 16.8. The van der Waals surface area contributed by atoms with Crippen LogP contribution in [-0.2, 0) is 23.7 Å². The Hall–Kier alpha value is -1.57. The number of hydrogen-bond acceptors (Lipinski definition) is 11. The standard InChI is InChI=1S/C18H26O11/c1-2-26-16(25)8-6-27-17(11-7(4-19)3-9(21)12(8)11)29-18-15(24)14(23)13(22)10(5-20)28-18/h3,6,9-15,17-24H,2,4-5H2,1H3/t9-,10+,11+,12-,13+,14-,15+,17-,18-/m0/s1. The Labute approximate surface area is 166 Å². The van der Waals surface area contributed by atoms with Crippen LogP contribution in [0.4, 0.5) is 0 Å². The van der Waals surface area contributed by atoms with Gasteiger partial charge in [0.05, 0.1) is 43.7 Å². The quantitative estimate of drug-likeness (QED) is 0.193. The first kappa shape index (κ1) is 22.1. The Balaban J connectivity index is 1.84. The average molecular weight is 418 g/mol. The lowest BCUT2D eigenvalue weighted by molar-refractivity contribution is -0.340. The average Bonchev–Trinajstić information content (AvgIpc) is 3.05. The minimum Gasteiger partial charge on any atom is -0.471 e. The van der Waals surface area contributed by atoms with Gasteiger partial charge in [0.15, 0.2) is 6.29 Å². The molecule has 0 unspecified atom stereocenters. The van der Waals surface area contributed by atoms with E-state index in [-0.39, 0.29) is 12.2 Å². The van der Waals surface area contributed by atoms with Crippen LogP contribution in [0.2, 0.25) is 0 Å². The van der Waals surface area contributed by atoms with Crippen molar-refractivity contribution in [3.05, 3.63) is 23.5 Å². The highest BCUT2D eigenvalue weighted by Crippen LogP contribution is 2.44. The molecule has 1 fully saturated rings. The van der Waals surface area contributed by atoms with Gasteiger partial charge in [-0.05, 0) is 12.5 Å². The topological polar surface area (TPSA) is 175 Å². The number of aliphatic hydroxyl groups excluding tert-OH is 6. The second-order valence-electron chi connectivity index (χ2n) is 7.07. The van der Waals surface area contributed by atoms with Gasteiger partial charge in [0.1, 0.15) is 24.4 Å². The van der Waals surface area contributed by atoms with E-state index in [2.05, 4.69) is 0 Å². The van der Waals surface area contributed by atoms with Gasteiger partial charge in [-0.2, -0.15) is 0 Å². The largest absolute Gasteiger partial charge is 0.471 e. The molecule has 0 spiro atoms. The zero-order chi connectivity index (χ0) is 21.3. The van der Waals surface area contributed by atoms with Crippen molar-refractivity contribution in [1.82, 2.24) is 0 Å². The Morgan fingerprint density at radius 3 is 2.41 bits per heavy atom. The third kappa shape index (κ3) is 4.05. The van der Waals surface area contributed by atoms with Crippen LogP contribution in [0.15, 0.2) is 23.5 Å². The van der Waals surface area contributed by atoms with E-state index in [1.807, 2.05) is 0 Å². The van der Waals surface area contributed by atoms with Crippen molar-refractivity contribution in [1.29, 1.82) is 0 Å². The molecule has 0 aromatic heterocycles. The Morgan fingerprint density at radius 1 is 1.07 bits per heavy atom. The van der Waals surface area contributed by atoms with E-state index < -0.39 is 74.1 Å². The van der Waals surface area contributed by atoms with Crippen molar-refractivity contribution < 1.29 is 54.4 Å². The Morgan fingerprint density at radius 2 is 1.79 bits per heavy atom. The van der Waals surface area contributed by atoms with Crippen molar-refractivity contribution in [2.75, 3.05) is 19.8 Å². The maximum Gasteiger partial charge on any atom is 0.337 e. The molecule has 11 nitrogen and oxygen atoms in total. The summed E-state index contributed by atoms with van der Waals surface area (Å²) in [5, 5.41) is 59.4. The molecule has 29 heavy (non-hydrogen) atoms. The van der Waals surface area contributed by atoms with Crippen LogP contribution in [0, 0.1) is 11.8 Å². The molecule has 0 aromatic rings. The fraction of sp³-hybridized carbons (Fsp3) is 0.722. The minimum atomic E-state index is -1.65. The SMILES string of the molecule is CCOC(=O)C1=CO[C@@H](O[C@@H]2O[C@H](CO)[C@@H](O)[C@H](O)[C@H]2O)[C@@H]2C(CO)=C[C@H](O)[C@H]12. The molecule has 0 radical (unpaired) electrons. The molecule has 3 aliphatic rings. The van der Waals surface area contributed by atoms with Gasteiger partial charge >= 0.3 is 5.97 Å². The van der Waals surface area contributed by atoms with Crippen molar-refractivity contribution >= 4 is 5.97 Å². The second-order valence-corrected chi connectivity index (χ2v) is 7.07. The zero-order valence-corrected chi connectivity index (χ0v) is 15.7. The lowest BCUT2D eigenvalue weighted by atomic mass is 9.82. The van der Waals surface area contributed by atoms with Gasteiger partial charge in [0.2, 0.25) is 6.29 Å². The maximum absolute atomic E-state index is 12.2. The van der Waals surface area contributed by atoms with Gasteiger partial charge in [0.25, 0.3) is 0 Å². The fourth-order valence-electron chi connectivity index (χ4n) is 3.89. The number of carbonyl (C=O) groups is 1. The van der Waals surface area contributed by atoms with E-state index in [0.717, 1.165) is 6.26 Å². The van der Waals surface area contributed by atoms with Gasteiger partial charge in [-0.1, -0.05) is 6.08 Å². The highest BCUT2D eigenvalue weighted by molar-refractivity contribution is 5.89. The number of carbonyl (C=O) groups excluding carboxylic acids is 1. The van der Waals surface area contributed by atoms with Crippen molar-refractivity contribution in [2.45, 2.75) is 50.0 Å². The summed E-state index contributed by atoms with van der Waals surface area (Å²) in [5.74, 6) is -2.30. The second kappa shape index (κ2) is 9.06. The van der Waals surface area contributed by atoms with E-state index in [0.29, 0.717) is 5.57 Å². The van der Waals surface area contributed by atoms with Gasteiger partial charge in [-0.15, -0.1) is 0 Å². The first-order valence-electron chi connectivity index (χ1n) is 9.32. The van der Waals surface area contributed by atoms with Gasteiger partial charge in [0, 0.05) is 5.92 Å². The molecule has 3 rings (SSSR count). The Kier molecular flexibility index (Phi) is 6.91. The summed E-state index contributed by atoms with van der Waals surface area (Å²) >= 11 is 0. The molecule has 11 heteroatoms. The summed E-state index contributed by atoms with van der Waals surface area (Å²) in [6.45, 7) is 0.684. The normalized spacial score (nSPS) is 41.8. The van der Waals surface area contributed by atoms with Crippen molar-refractivity contribution in [3.63, 3.8) is 0 Å². The Bertz CT molecular complexity index is 660. The summed E-state index contributed by atoms with van der Waals surface area (Å²) < 4.78 is 21.4. The highest BCUT2D eigenvalue weighted by Gasteiger charge is 2.52. The molecule has 0 aromatic carbocycles. The third-order valence-electron chi connectivity index (χ3n) is 5.36. The summed E-state index contributed by atoms with van der Waals surface area (Å²) in [5.41, 5.74) is 0.421. The van der Waals surface area contributed by atoms with E-state index in [4.69, 9.17) is 18.9 Å². The molecule has 1 aliphatic carbocycles. The monoisotopic (exact) mass is 418 g/mol. The maximum atomic E-state index is 12.2. The molecular weight excluding hydrogens is 392 g/mol. The smallest absolute Gasteiger partial charge is 0.337 e. The summed E-state index contributed by atoms with van der Waals surface area (Å²) in [6.07, 6.45) is -7.33. The van der Waals surface area contributed by atoms with Crippen molar-refractivity contribution in [3.8, 4) is 0 Å². The van der Waals surface area contributed by atoms with Crippen LogP contribution in [0.25, 0.3) is 0 Å². The predicted octanol–water partition coefficient (Wildman–Crippen LogP) is -2.87. The zero-order valence-electron chi connectivity index (χ0n) is 15.7. The van der Waals surface area contributed by atoms with E-state index in [1.54, 1.807) is 6.92 Å². The van der Waals surface area contributed by atoms with Crippen LogP contribution < -0.4 is 0 Å². The van der Waals surface area contributed by atoms with E-state index >= 15 is 0 Å². The van der Waals surface area contributed by atoms with Crippen LogP contribution in [0.5, 0.6) is 0 Å². The number of hydrogen-bond donors (Lipinski definition) is 6. The van der Waals surface area contributed by atoms with Crippen LogP contribution in [0.3, 0.4) is 0 Å². The van der Waals surface area contributed by atoms with Crippen LogP contribution in [0.1, 0.15) is 6.92 Å². The molecule has 164 valence electrons. The van der Waals surface area contributed by atoms with Crippen LogP contribution in [-0.4, -0.2) is 99.5 Å². The van der Waals surface area contributed by atoms with Gasteiger partial charge in [-0.3, -0.25) is 0 Å². The number of esters is 1. The third-order valence-corrected chi connectivity index (χ3v) is 5.36. The molecule has 9 atom stereocenters. The number of rotatable bonds is 6. The molecule has 1 saturated heterocycles. The minimum absolute atomic E-state index is 0.0673. The lowest BCUT2D eigenvalue weighted by Crippen LogP contribution is -2.60. The number of fused-ring (bicyclic) bond motifs is 1. The molecule has 0 saturated carbocycles. The summed E-state index contributed by atoms with van der Waals surface area (Å²) in [7, 11) is 0. The molecule has 0 bridgehead atoms. The first-order valence-corrected chi connectivity index (χ1v) is 9.32. The molecule has 0 amide bonds. The predicted molar refractivity (Wildman–Crippen MR) is 92.6 cm³/mol. The van der Waals surface area contributed by atoms with E-state index in [1.165, 1.54) is 6.08 Å². The van der Waals surface area contributed by atoms with Crippen LogP contribution >= 0.6 is 0 Å². The number of ether oxygens (including phenoxy) is 4. The first-order chi connectivity index (χ1) is 13.8. The van der Waals surface area contributed by atoms with E-state index in [9.17, 15) is 35.4 Å². The van der Waals surface area contributed by atoms with Gasteiger partial charge in [-0.25, -0.2) is 4.79 Å². The lowest BCUT2D eigenvalue weighted by Gasteiger charge is -2.43. The summed E-state index contributed by atoms with van der Waals surface area (Å²) in [4.78, 5) is 12.2.